The normalized spacial score (nSPS) is 18.3. The van der Waals surface area contributed by atoms with Crippen LogP contribution in [0, 0.1) is 11.8 Å². The van der Waals surface area contributed by atoms with E-state index in [2.05, 4.69) is 20.8 Å². The van der Waals surface area contributed by atoms with Crippen LogP contribution in [0.5, 0.6) is 5.75 Å². The van der Waals surface area contributed by atoms with E-state index in [-0.39, 0.29) is 11.9 Å². The van der Waals surface area contributed by atoms with E-state index in [9.17, 15) is 4.79 Å². The van der Waals surface area contributed by atoms with Crippen LogP contribution in [0.1, 0.15) is 141 Å². The SMILES string of the molecule is CCCCCCCCC(CCC)c1cnc(-c2ccc(OC(=O)C3CCC(CCCCC)CC3)cc2)nc1. The summed E-state index contributed by atoms with van der Waals surface area (Å²) >= 11 is 0. The molecule has 0 N–H and O–H groups in total. The maximum atomic E-state index is 12.7. The number of benzene rings is 1. The fourth-order valence-corrected chi connectivity index (χ4v) is 5.94. The minimum Gasteiger partial charge on any atom is -0.426 e. The summed E-state index contributed by atoms with van der Waals surface area (Å²) in [6, 6.07) is 7.67. The van der Waals surface area contributed by atoms with Gasteiger partial charge in [0.1, 0.15) is 5.75 Å². The summed E-state index contributed by atoms with van der Waals surface area (Å²) in [5.41, 5.74) is 2.21. The van der Waals surface area contributed by atoms with Gasteiger partial charge in [-0.25, -0.2) is 9.97 Å². The fraction of sp³-hybridized carbons (Fsp3) is 0.676. The van der Waals surface area contributed by atoms with E-state index in [1.165, 1.54) is 89.0 Å². The van der Waals surface area contributed by atoms with Gasteiger partial charge < -0.3 is 4.74 Å². The molecule has 1 aliphatic carbocycles. The largest absolute Gasteiger partial charge is 0.426 e. The van der Waals surface area contributed by atoms with Gasteiger partial charge in [0.15, 0.2) is 5.82 Å². The van der Waals surface area contributed by atoms with Gasteiger partial charge in [-0.05, 0) is 80.2 Å². The lowest BCUT2D eigenvalue weighted by Gasteiger charge is -2.27. The number of aromatic nitrogens is 2. The van der Waals surface area contributed by atoms with Crippen molar-refractivity contribution < 1.29 is 9.53 Å². The number of ether oxygens (including phenoxy) is 1. The van der Waals surface area contributed by atoms with Crippen LogP contribution in [0.2, 0.25) is 0 Å². The molecule has 1 saturated carbocycles. The van der Waals surface area contributed by atoms with Crippen molar-refractivity contribution in [1.82, 2.24) is 9.97 Å². The molecule has 0 bridgehead atoms. The molecule has 1 unspecified atom stereocenters. The number of carbonyl (C=O) groups is 1. The van der Waals surface area contributed by atoms with Crippen LogP contribution in [-0.4, -0.2) is 15.9 Å². The summed E-state index contributed by atoms with van der Waals surface area (Å²) in [7, 11) is 0. The highest BCUT2D eigenvalue weighted by atomic mass is 16.5. The van der Waals surface area contributed by atoms with E-state index in [0.717, 1.165) is 43.0 Å². The van der Waals surface area contributed by atoms with Crippen molar-refractivity contribution in [2.75, 3.05) is 0 Å². The van der Waals surface area contributed by atoms with Crippen molar-refractivity contribution in [3.05, 3.63) is 42.2 Å². The van der Waals surface area contributed by atoms with Crippen molar-refractivity contribution in [3.8, 4) is 17.1 Å². The molecule has 1 aromatic heterocycles. The lowest BCUT2D eigenvalue weighted by Crippen LogP contribution is -2.25. The average Bonchev–Trinajstić information content (AvgIpc) is 2.95. The third-order valence-corrected chi connectivity index (χ3v) is 8.41. The topological polar surface area (TPSA) is 52.1 Å². The van der Waals surface area contributed by atoms with Gasteiger partial charge in [-0.3, -0.25) is 4.79 Å². The first-order valence-corrected chi connectivity index (χ1v) is 15.8. The first-order chi connectivity index (χ1) is 18.6. The molecule has 4 nitrogen and oxygen atoms in total. The van der Waals surface area contributed by atoms with Gasteiger partial charge in [0.2, 0.25) is 0 Å². The molecule has 2 aromatic rings. The zero-order valence-electron chi connectivity index (χ0n) is 24.4. The number of hydrogen-bond acceptors (Lipinski definition) is 4. The molecule has 4 heteroatoms. The molecule has 3 rings (SSSR count). The lowest BCUT2D eigenvalue weighted by atomic mass is 9.80. The van der Waals surface area contributed by atoms with Crippen LogP contribution in [0.15, 0.2) is 36.7 Å². The molecule has 210 valence electrons. The Morgan fingerprint density at radius 1 is 0.789 bits per heavy atom. The second-order valence-electron chi connectivity index (χ2n) is 11.5. The minimum atomic E-state index is -0.0716. The Bertz CT molecular complexity index is 901. The number of carbonyl (C=O) groups excluding carboxylic acids is 1. The Morgan fingerprint density at radius 3 is 2.08 bits per heavy atom. The van der Waals surface area contributed by atoms with Gasteiger partial charge >= 0.3 is 5.97 Å². The number of nitrogens with zero attached hydrogens (tertiary/aromatic N) is 2. The molecular formula is C34H52N2O2. The Morgan fingerprint density at radius 2 is 1.42 bits per heavy atom. The van der Waals surface area contributed by atoms with E-state index in [0.29, 0.717) is 11.7 Å². The number of hydrogen-bond donors (Lipinski definition) is 0. The summed E-state index contributed by atoms with van der Waals surface area (Å²) in [4.78, 5) is 22.1. The van der Waals surface area contributed by atoms with Gasteiger partial charge in [0, 0.05) is 18.0 Å². The standard InChI is InChI=1S/C34H52N2O2/c1-4-7-9-10-11-13-16-28(14-6-3)31-25-35-33(36-26-31)29-21-23-32(24-22-29)38-34(37)30-19-17-27(18-20-30)15-12-8-5-2/h21-28,30H,4-20H2,1-3H3. The maximum Gasteiger partial charge on any atom is 0.314 e. The van der Waals surface area contributed by atoms with Gasteiger partial charge in [0.25, 0.3) is 0 Å². The highest BCUT2D eigenvalue weighted by Crippen LogP contribution is 2.33. The number of esters is 1. The van der Waals surface area contributed by atoms with Crippen molar-refractivity contribution in [1.29, 1.82) is 0 Å². The molecular weight excluding hydrogens is 468 g/mol. The molecule has 1 fully saturated rings. The summed E-state index contributed by atoms with van der Waals surface area (Å²) in [5.74, 6) is 2.65. The van der Waals surface area contributed by atoms with Crippen LogP contribution in [-0.2, 0) is 4.79 Å². The first kappa shape index (κ1) is 30.3. The molecule has 0 radical (unpaired) electrons. The van der Waals surface area contributed by atoms with Crippen LogP contribution in [0.3, 0.4) is 0 Å². The molecule has 1 aromatic carbocycles. The van der Waals surface area contributed by atoms with Crippen molar-refractivity contribution in [3.63, 3.8) is 0 Å². The van der Waals surface area contributed by atoms with Gasteiger partial charge in [-0.2, -0.15) is 0 Å². The molecule has 1 heterocycles. The van der Waals surface area contributed by atoms with Crippen LogP contribution in [0.25, 0.3) is 11.4 Å². The monoisotopic (exact) mass is 520 g/mol. The van der Waals surface area contributed by atoms with Crippen molar-refractivity contribution >= 4 is 5.97 Å². The minimum absolute atomic E-state index is 0.0420. The van der Waals surface area contributed by atoms with Gasteiger partial charge in [0.05, 0.1) is 5.92 Å². The third-order valence-electron chi connectivity index (χ3n) is 8.41. The van der Waals surface area contributed by atoms with Gasteiger partial charge in [-0.1, -0.05) is 91.4 Å². The van der Waals surface area contributed by atoms with Crippen LogP contribution < -0.4 is 4.74 Å². The molecule has 38 heavy (non-hydrogen) atoms. The zero-order chi connectivity index (χ0) is 27.0. The quantitative estimate of drug-likeness (QED) is 0.118. The lowest BCUT2D eigenvalue weighted by molar-refractivity contribution is -0.140. The molecule has 0 aliphatic heterocycles. The van der Waals surface area contributed by atoms with Crippen molar-refractivity contribution in [2.24, 2.45) is 11.8 Å². The summed E-state index contributed by atoms with van der Waals surface area (Å²) in [5, 5.41) is 0. The molecule has 0 saturated heterocycles. The second-order valence-corrected chi connectivity index (χ2v) is 11.5. The van der Waals surface area contributed by atoms with E-state index >= 15 is 0 Å². The zero-order valence-corrected chi connectivity index (χ0v) is 24.4. The summed E-state index contributed by atoms with van der Waals surface area (Å²) < 4.78 is 5.74. The summed E-state index contributed by atoms with van der Waals surface area (Å²) in [6.07, 6.45) is 25.1. The maximum absolute atomic E-state index is 12.7. The Hall–Kier alpha value is -2.23. The van der Waals surface area contributed by atoms with E-state index in [1.54, 1.807) is 0 Å². The number of unbranched alkanes of at least 4 members (excludes halogenated alkanes) is 7. The van der Waals surface area contributed by atoms with E-state index in [1.807, 2.05) is 36.7 Å². The molecule has 1 aliphatic rings. The van der Waals surface area contributed by atoms with E-state index < -0.39 is 0 Å². The summed E-state index contributed by atoms with van der Waals surface area (Å²) in [6.45, 7) is 6.78. The first-order valence-electron chi connectivity index (χ1n) is 15.8. The third kappa shape index (κ3) is 10.2. The predicted octanol–water partition coefficient (Wildman–Crippen LogP) is 10.1. The number of rotatable bonds is 17. The highest BCUT2D eigenvalue weighted by Gasteiger charge is 2.27. The Balaban J connectivity index is 1.47. The second kappa shape index (κ2) is 17.4. The molecule has 0 amide bonds. The van der Waals surface area contributed by atoms with E-state index in [4.69, 9.17) is 14.7 Å². The average molecular weight is 521 g/mol. The van der Waals surface area contributed by atoms with Gasteiger partial charge in [-0.15, -0.1) is 0 Å². The molecule has 1 atom stereocenters. The van der Waals surface area contributed by atoms with Crippen LogP contribution >= 0.6 is 0 Å². The van der Waals surface area contributed by atoms with Crippen LogP contribution in [0.4, 0.5) is 0 Å². The predicted molar refractivity (Wildman–Crippen MR) is 158 cm³/mol. The fourth-order valence-electron chi connectivity index (χ4n) is 5.94. The molecule has 0 spiro atoms. The highest BCUT2D eigenvalue weighted by molar-refractivity contribution is 5.75. The smallest absolute Gasteiger partial charge is 0.314 e. The Kier molecular flexibility index (Phi) is 13.9. The van der Waals surface area contributed by atoms with Crippen molar-refractivity contribution in [2.45, 2.75) is 136 Å². The Labute approximate surface area is 232 Å².